The lowest BCUT2D eigenvalue weighted by Crippen LogP contribution is -2.70. The molecule has 0 spiro atoms. The zero-order valence-corrected chi connectivity index (χ0v) is 7.23. The molecule has 10 heteroatoms. The molecule has 0 bridgehead atoms. The maximum atomic E-state index is 10.3. The van der Waals surface area contributed by atoms with Gasteiger partial charge in [0.05, 0.1) is 0 Å². The van der Waals surface area contributed by atoms with Crippen molar-refractivity contribution in [1.29, 1.82) is 0 Å². The van der Waals surface area contributed by atoms with Crippen LogP contribution in [-0.2, 0) is 0 Å². The van der Waals surface area contributed by atoms with Crippen LogP contribution in [-0.4, -0.2) is 38.3 Å². The summed E-state index contributed by atoms with van der Waals surface area (Å²) in [7, 11) is 0. The zero-order chi connectivity index (χ0) is 11.0. The van der Waals surface area contributed by atoms with Crippen LogP contribution in [0.2, 0.25) is 0 Å². The Balaban J connectivity index is 2.89. The minimum Gasteiger partial charge on any atom is -0.264 e. The molecule has 14 heavy (non-hydrogen) atoms. The van der Waals surface area contributed by atoms with Crippen LogP contribution in [0.3, 0.4) is 0 Å². The van der Waals surface area contributed by atoms with Crippen LogP contribution in [0.4, 0.5) is 0 Å². The molecule has 0 aromatic heterocycles. The molecule has 0 saturated heterocycles. The van der Waals surface area contributed by atoms with Gasteiger partial charge in [-0.25, -0.2) is 0 Å². The third-order valence-electron chi connectivity index (χ3n) is 2.08. The van der Waals surface area contributed by atoms with E-state index < -0.39 is 38.3 Å². The summed E-state index contributed by atoms with van der Waals surface area (Å²) in [6, 6.07) is -5.19. The highest BCUT2D eigenvalue weighted by Gasteiger charge is 2.73. The molecule has 1 rings (SSSR count). The van der Waals surface area contributed by atoms with Gasteiger partial charge in [0.1, 0.15) is 0 Å². The van der Waals surface area contributed by atoms with Crippen LogP contribution in [0.25, 0.3) is 0 Å². The van der Waals surface area contributed by atoms with Gasteiger partial charge >= 0.3 is 18.1 Å². The summed E-state index contributed by atoms with van der Waals surface area (Å²) in [5, 5.41) is 29.4. The zero-order valence-electron chi connectivity index (χ0n) is 6.48. The maximum absolute atomic E-state index is 10.3. The van der Waals surface area contributed by atoms with Gasteiger partial charge in [0, 0.05) is 14.8 Å². The van der Waals surface area contributed by atoms with Crippen LogP contribution < -0.4 is 0 Å². The molecule has 78 valence electrons. The molecule has 1 aliphatic carbocycles. The Morgan fingerprint density at radius 1 is 0.786 bits per heavy atom. The van der Waals surface area contributed by atoms with Gasteiger partial charge in [-0.15, -0.1) is 11.6 Å². The number of nitrogens with zero attached hydrogens (tertiary/aromatic N) is 3. The summed E-state index contributed by atoms with van der Waals surface area (Å²) in [6.07, 6.45) is 0. The normalized spacial score (nSPS) is 35.8. The summed E-state index contributed by atoms with van der Waals surface area (Å²) in [5.74, 6) is 0. The number of hydrogen-bond acceptors (Lipinski definition) is 6. The summed E-state index contributed by atoms with van der Waals surface area (Å²) in [6.45, 7) is 0. The van der Waals surface area contributed by atoms with Crippen molar-refractivity contribution in [1.82, 2.24) is 0 Å². The van der Waals surface area contributed by atoms with Crippen molar-refractivity contribution in [2.45, 2.75) is 23.5 Å². The second-order valence-electron chi connectivity index (χ2n) is 2.77. The molecule has 0 aliphatic heterocycles. The summed E-state index contributed by atoms with van der Waals surface area (Å²) >= 11 is 5.32. The van der Waals surface area contributed by atoms with Gasteiger partial charge in [-0.1, -0.05) is 0 Å². The quantitative estimate of drug-likeness (QED) is 0.363. The van der Waals surface area contributed by atoms with Gasteiger partial charge in [-0.3, -0.25) is 30.3 Å². The smallest absolute Gasteiger partial charge is 0.264 e. The molecule has 9 nitrogen and oxygen atoms in total. The average Bonchev–Trinajstić information content (AvgIpc) is 1.97. The number of nitro groups is 3. The minimum absolute atomic E-state index is 0.953. The Bertz CT molecular complexity index is 285. The summed E-state index contributed by atoms with van der Waals surface area (Å²) in [5.41, 5.74) is 0. The van der Waals surface area contributed by atoms with Crippen molar-refractivity contribution in [3.63, 3.8) is 0 Å². The number of alkyl halides is 1. The first-order valence-electron chi connectivity index (χ1n) is 3.42. The lowest BCUT2D eigenvalue weighted by molar-refractivity contribution is -0.702. The Morgan fingerprint density at radius 3 is 1.29 bits per heavy atom. The van der Waals surface area contributed by atoms with Crippen molar-refractivity contribution in [2.75, 3.05) is 0 Å². The van der Waals surface area contributed by atoms with E-state index in [0.717, 1.165) is 0 Å². The van der Waals surface area contributed by atoms with Crippen molar-refractivity contribution in [3.8, 4) is 0 Å². The molecule has 1 fully saturated rings. The highest BCUT2D eigenvalue weighted by atomic mass is 35.5. The molecule has 0 amide bonds. The van der Waals surface area contributed by atoms with Crippen LogP contribution in [0.1, 0.15) is 0 Å². The fourth-order valence-corrected chi connectivity index (χ4v) is 1.85. The third kappa shape index (κ3) is 1.35. The fraction of sp³-hybridized carbons (Fsp3) is 1.00. The molecule has 0 heterocycles. The monoisotopic (exact) mass is 225 g/mol. The Kier molecular flexibility index (Phi) is 2.51. The van der Waals surface area contributed by atoms with Gasteiger partial charge in [0.2, 0.25) is 0 Å². The van der Waals surface area contributed by atoms with Crippen LogP contribution >= 0.6 is 11.6 Å². The van der Waals surface area contributed by atoms with Gasteiger partial charge in [-0.2, -0.15) is 0 Å². The van der Waals surface area contributed by atoms with E-state index in [9.17, 15) is 30.3 Å². The number of hydrogen-bond donors (Lipinski definition) is 0. The van der Waals surface area contributed by atoms with Gasteiger partial charge in [0.15, 0.2) is 5.38 Å². The summed E-state index contributed by atoms with van der Waals surface area (Å²) in [4.78, 5) is 27.9. The topological polar surface area (TPSA) is 129 Å². The highest BCUT2D eigenvalue weighted by Crippen LogP contribution is 2.33. The average molecular weight is 226 g/mol. The first kappa shape index (κ1) is 10.6. The minimum atomic E-state index is -1.83. The SMILES string of the molecule is O=[N+]([O-])C1C(Cl)C([N+](=O)[O-])C1[N+](=O)[O-]. The molecule has 2 unspecified atom stereocenters. The second-order valence-corrected chi connectivity index (χ2v) is 3.28. The van der Waals surface area contributed by atoms with E-state index >= 15 is 0 Å². The lowest BCUT2D eigenvalue weighted by Gasteiger charge is -2.30. The predicted octanol–water partition coefficient (Wildman–Crippen LogP) is -0.457. The molecule has 2 atom stereocenters. The second kappa shape index (κ2) is 3.33. The van der Waals surface area contributed by atoms with Crippen molar-refractivity contribution < 1.29 is 14.8 Å². The van der Waals surface area contributed by atoms with E-state index in [1.807, 2.05) is 0 Å². The maximum Gasteiger partial charge on any atom is 0.347 e. The molecule has 0 aromatic carbocycles. The van der Waals surface area contributed by atoms with Gasteiger partial charge in [0.25, 0.3) is 0 Å². The Hall–Kier alpha value is -1.51. The summed E-state index contributed by atoms with van der Waals surface area (Å²) < 4.78 is 0. The standard InChI is InChI=1S/C4H4ClN3O6/c5-1-2(6(9)10)4(8(13)14)3(1)7(11)12/h1-4H. The van der Waals surface area contributed by atoms with E-state index in [4.69, 9.17) is 11.6 Å². The number of rotatable bonds is 3. The molecular formula is C4H4ClN3O6. The van der Waals surface area contributed by atoms with E-state index in [1.165, 1.54) is 0 Å². The first-order chi connectivity index (χ1) is 6.37. The fourth-order valence-electron chi connectivity index (χ4n) is 1.37. The lowest BCUT2D eigenvalue weighted by atomic mass is 9.81. The highest BCUT2D eigenvalue weighted by molar-refractivity contribution is 6.22. The largest absolute Gasteiger partial charge is 0.347 e. The first-order valence-corrected chi connectivity index (χ1v) is 3.86. The van der Waals surface area contributed by atoms with Crippen LogP contribution in [0, 0.1) is 30.3 Å². The van der Waals surface area contributed by atoms with Gasteiger partial charge in [-0.05, 0) is 0 Å². The molecule has 1 saturated carbocycles. The van der Waals surface area contributed by atoms with Crippen LogP contribution in [0.15, 0.2) is 0 Å². The van der Waals surface area contributed by atoms with E-state index in [0.29, 0.717) is 0 Å². The van der Waals surface area contributed by atoms with Crippen molar-refractivity contribution in [3.05, 3.63) is 30.3 Å². The van der Waals surface area contributed by atoms with E-state index in [-0.39, 0.29) is 0 Å². The predicted molar refractivity (Wildman–Crippen MR) is 42.0 cm³/mol. The Labute approximate surface area is 81.1 Å². The molecule has 0 aromatic rings. The molecule has 0 radical (unpaired) electrons. The molecule has 1 aliphatic rings. The van der Waals surface area contributed by atoms with E-state index in [1.54, 1.807) is 0 Å². The van der Waals surface area contributed by atoms with Gasteiger partial charge < -0.3 is 0 Å². The van der Waals surface area contributed by atoms with Crippen molar-refractivity contribution in [2.24, 2.45) is 0 Å². The van der Waals surface area contributed by atoms with Crippen molar-refractivity contribution >= 4 is 11.6 Å². The molecular weight excluding hydrogens is 222 g/mol. The number of halogens is 1. The third-order valence-corrected chi connectivity index (χ3v) is 2.60. The Morgan fingerprint density at radius 2 is 1.07 bits per heavy atom. The van der Waals surface area contributed by atoms with E-state index in [2.05, 4.69) is 0 Å². The van der Waals surface area contributed by atoms with Crippen LogP contribution in [0.5, 0.6) is 0 Å². The molecule has 0 N–H and O–H groups in total.